The molecule has 92 valence electrons. The van der Waals surface area contributed by atoms with Crippen LogP contribution in [0.3, 0.4) is 0 Å². The van der Waals surface area contributed by atoms with E-state index in [1.165, 1.54) is 6.20 Å². The van der Waals surface area contributed by atoms with Gasteiger partial charge in [-0.1, -0.05) is 0 Å². The number of aromatic amines is 1. The molecule has 1 saturated heterocycles. The van der Waals surface area contributed by atoms with Gasteiger partial charge in [-0.25, -0.2) is 0 Å². The van der Waals surface area contributed by atoms with Crippen LogP contribution >= 0.6 is 0 Å². The van der Waals surface area contributed by atoms with Crippen molar-refractivity contribution in [2.75, 3.05) is 32.7 Å². The number of hydrogen-bond donors (Lipinski definition) is 3. The minimum Gasteiger partial charge on any atom is -0.342 e. The van der Waals surface area contributed by atoms with Crippen molar-refractivity contribution < 1.29 is 9.59 Å². The molecule has 0 atom stereocenters. The average molecular weight is 238 g/mol. The third-order valence-corrected chi connectivity index (χ3v) is 2.52. The number of rotatable bonds is 3. The molecular formula is C9H14N6O2. The van der Waals surface area contributed by atoms with Crippen molar-refractivity contribution >= 4 is 11.8 Å². The number of H-pyrrole nitrogens is 1. The van der Waals surface area contributed by atoms with Crippen molar-refractivity contribution in [3.05, 3.63) is 11.9 Å². The minimum absolute atomic E-state index is 0.00824. The van der Waals surface area contributed by atoms with Crippen LogP contribution in [0.2, 0.25) is 0 Å². The van der Waals surface area contributed by atoms with Crippen LogP contribution in [0.15, 0.2) is 6.20 Å². The van der Waals surface area contributed by atoms with E-state index in [1.54, 1.807) is 4.90 Å². The molecule has 0 spiro atoms. The quantitative estimate of drug-likeness (QED) is 0.563. The zero-order valence-electron chi connectivity index (χ0n) is 9.27. The normalized spacial score (nSPS) is 15.6. The largest absolute Gasteiger partial charge is 0.342 e. The van der Waals surface area contributed by atoms with Gasteiger partial charge in [-0.05, 0) is 0 Å². The second-order valence-electron chi connectivity index (χ2n) is 3.67. The Bertz CT molecular complexity index is 384. The lowest BCUT2D eigenvalue weighted by molar-refractivity contribution is -0.130. The topological polar surface area (TPSA) is 103 Å². The fourth-order valence-electron chi connectivity index (χ4n) is 1.58. The predicted molar refractivity (Wildman–Crippen MR) is 58.2 cm³/mol. The first-order valence-electron chi connectivity index (χ1n) is 5.40. The van der Waals surface area contributed by atoms with E-state index in [0.717, 1.165) is 13.1 Å². The first kappa shape index (κ1) is 11.5. The van der Waals surface area contributed by atoms with Gasteiger partial charge in [0.1, 0.15) is 0 Å². The third kappa shape index (κ3) is 3.00. The van der Waals surface area contributed by atoms with Crippen LogP contribution in [0.1, 0.15) is 10.5 Å². The van der Waals surface area contributed by atoms with Gasteiger partial charge in [-0.2, -0.15) is 15.4 Å². The molecule has 0 unspecified atom stereocenters. The van der Waals surface area contributed by atoms with Gasteiger partial charge in [0.25, 0.3) is 5.91 Å². The first-order chi connectivity index (χ1) is 8.27. The second-order valence-corrected chi connectivity index (χ2v) is 3.67. The number of carbonyl (C=O) groups excluding carboxylic acids is 2. The van der Waals surface area contributed by atoms with Crippen LogP contribution in [0.5, 0.6) is 0 Å². The van der Waals surface area contributed by atoms with Crippen LogP contribution in [0, 0.1) is 0 Å². The van der Waals surface area contributed by atoms with Gasteiger partial charge < -0.3 is 15.5 Å². The van der Waals surface area contributed by atoms with Crippen LogP contribution < -0.4 is 10.6 Å². The van der Waals surface area contributed by atoms with Crippen LogP contribution in [-0.4, -0.2) is 64.8 Å². The Labute approximate surface area is 97.7 Å². The summed E-state index contributed by atoms with van der Waals surface area (Å²) < 4.78 is 0. The van der Waals surface area contributed by atoms with E-state index < -0.39 is 5.91 Å². The molecule has 0 aromatic carbocycles. The van der Waals surface area contributed by atoms with Gasteiger partial charge in [0.15, 0.2) is 5.69 Å². The molecule has 1 aliphatic heterocycles. The summed E-state index contributed by atoms with van der Waals surface area (Å²) in [4.78, 5) is 24.9. The smallest absolute Gasteiger partial charge is 0.273 e. The molecule has 1 aromatic rings. The number of hydrogen-bond acceptors (Lipinski definition) is 5. The predicted octanol–water partition coefficient (Wildman–Crippen LogP) is -2.03. The lowest BCUT2D eigenvalue weighted by Crippen LogP contribution is -2.49. The number of nitrogens with one attached hydrogen (secondary N) is 3. The third-order valence-electron chi connectivity index (χ3n) is 2.52. The average Bonchev–Trinajstić information content (AvgIpc) is 2.90. The maximum absolute atomic E-state index is 11.7. The Hall–Kier alpha value is -1.96. The van der Waals surface area contributed by atoms with Gasteiger partial charge in [-0.15, -0.1) is 0 Å². The Morgan fingerprint density at radius 1 is 1.41 bits per heavy atom. The van der Waals surface area contributed by atoms with Gasteiger partial charge in [0.2, 0.25) is 5.91 Å². The summed E-state index contributed by atoms with van der Waals surface area (Å²) in [5.74, 6) is -0.481. The van der Waals surface area contributed by atoms with Crippen LogP contribution in [0.4, 0.5) is 0 Å². The van der Waals surface area contributed by atoms with E-state index in [4.69, 9.17) is 0 Å². The lowest BCUT2D eigenvalue weighted by Gasteiger charge is -2.27. The molecule has 8 heteroatoms. The fourth-order valence-corrected chi connectivity index (χ4v) is 1.58. The molecule has 1 aliphatic rings. The fraction of sp³-hybridized carbons (Fsp3) is 0.556. The number of carbonyl (C=O) groups is 2. The summed E-state index contributed by atoms with van der Waals surface area (Å²) in [7, 11) is 0. The van der Waals surface area contributed by atoms with Crippen molar-refractivity contribution in [2.24, 2.45) is 0 Å². The minimum atomic E-state index is -0.401. The summed E-state index contributed by atoms with van der Waals surface area (Å²) in [5.41, 5.74) is 0.179. The van der Waals surface area contributed by atoms with Crippen molar-refractivity contribution in [1.82, 2.24) is 30.9 Å². The highest BCUT2D eigenvalue weighted by atomic mass is 16.2. The zero-order chi connectivity index (χ0) is 12.1. The molecule has 0 bridgehead atoms. The molecule has 0 saturated carbocycles. The summed E-state index contributed by atoms with van der Waals surface area (Å²) in [6.45, 7) is 2.94. The molecule has 3 N–H and O–H groups in total. The standard InChI is InChI=1S/C9H14N6O2/c16-8(15-3-1-10-2-4-15)6-11-9(17)7-5-12-14-13-7/h5,10H,1-4,6H2,(H,11,17)(H,12,13,14). The van der Waals surface area contributed by atoms with Gasteiger partial charge in [0.05, 0.1) is 12.7 Å². The number of piperazine rings is 1. The zero-order valence-corrected chi connectivity index (χ0v) is 9.27. The number of amides is 2. The molecule has 17 heavy (non-hydrogen) atoms. The van der Waals surface area contributed by atoms with Crippen LogP contribution in [0.25, 0.3) is 0 Å². The molecule has 2 amide bonds. The highest BCUT2D eigenvalue weighted by molar-refractivity contribution is 5.94. The molecule has 0 aliphatic carbocycles. The summed E-state index contributed by atoms with van der Waals surface area (Å²) >= 11 is 0. The second kappa shape index (κ2) is 5.39. The van der Waals surface area contributed by atoms with Crippen molar-refractivity contribution in [3.8, 4) is 0 Å². The Balaban J connectivity index is 1.77. The molecular weight excluding hydrogens is 224 g/mol. The number of aromatic nitrogens is 3. The summed E-state index contributed by atoms with van der Waals surface area (Å²) in [5, 5.41) is 15.1. The first-order valence-corrected chi connectivity index (χ1v) is 5.40. The molecule has 2 heterocycles. The monoisotopic (exact) mass is 238 g/mol. The molecule has 1 fully saturated rings. The van der Waals surface area contributed by atoms with Crippen molar-refractivity contribution in [1.29, 1.82) is 0 Å². The number of nitrogens with zero attached hydrogens (tertiary/aromatic N) is 3. The van der Waals surface area contributed by atoms with E-state index >= 15 is 0 Å². The molecule has 1 aromatic heterocycles. The van der Waals surface area contributed by atoms with E-state index in [2.05, 4.69) is 26.0 Å². The Morgan fingerprint density at radius 2 is 2.18 bits per heavy atom. The highest BCUT2D eigenvalue weighted by Crippen LogP contribution is 1.93. The van der Waals surface area contributed by atoms with E-state index in [1.807, 2.05) is 0 Å². The maximum Gasteiger partial charge on any atom is 0.273 e. The summed E-state index contributed by atoms with van der Waals surface area (Å²) in [6, 6.07) is 0. The van der Waals surface area contributed by atoms with E-state index in [-0.39, 0.29) is 18.1 Å². The molecule has 0 radical (unpaired) electrons. The summed E-state index contributed by atoms with van der Waals surface area (Å²) in [6.07, 6.45) is 1.31. The lowest BCUT2D eigenvalue weighted by atomic mass is 10.3. The molecule has 8 nitrogen and oxygen atoms in total. The maximum atomic E-state index is 11.7. The van der Waals surface area contributed by atoms with E-state index in [0.29, 0.717) is 13.1 Å². The van der Waals surface area contributed by atoms with Gasteiger partial charge in [-0.3, -0.25) is 9.59 Å². The Kier molecular flexibility index (Phi) is 3.66. The van der Waals surface area contributed by atoms with Gasteiger partial charge >= 0.3 is 0 Å². The SMILES string of the molecule is O=C(NCC(=O)N1CCNCC1)c1cn[nH]n1. The van der Waals surface area contributed by atoms with E-state index in [9.17, 15) is 9.59 Å². The molecule has 2 rings (SSSR count). The Morgan fingerprint density at radius 3 is 2.82 bits per heavy atom. The van der Waals surface area contributed by atoms with Crippen molar-refractivity contribution in [3.63, 3.8) is 0 Å². The highest BCUT2D eigenvalue weighted by Gasteiger charge is 2.17. The van der Waals surface area contributed by atoms with Crippen molar-refractivity contribution in [2.45, 2.75) is 0 Å². The van der Waals surface area contributed by atoms with Crippen LogP contribution in [-0.2, 0) is 4.79 Å². The van der Waals surface area contributed by atoms with Gasteiger partial charge in [0, 0.05) is 26.2 Å².